The molecule has 8 nitrogen and oxygen atoms in total. The molecule has 0 radical (unpaired) electrons. The molecule has 3 heterocycles. The van der Waals surface area contributed by atoms with Gasteiger partial charge in [0.1, 0.15) is 0 Å². The molecule has 0 spiro atoms. The molecule has 0 bridgehead atoms. The molecular formula is C19H23N7OS. The quantitative estimate of drug-likeness (QED) is 0.708. The van der Waals surface area contributed by atoms with Crippen LogP contribution in [0.4, 0.5) is 11.9 Å². The van der Waals surface area contributed by atoms with E-state index < -0.39 is 0 Å². The number of hydrogen-bond acceptors (Lipinski definition) is 8. The van der Waals surface area contributed by atoms with Gasteiger partial charge in [-0.2, -0.15) is 15.0 Å². The average molecular weight is 398 g/mol. The number of nitrogens with one attached hydrogen (secondary N) is 1. The van der Waals surface area contributed by atoms with Crippen LogP contribution in [-0.4, -0.2) is 53.0 Å². The maximum Gasteiger partial charge on any atom is 0.280 e. The summed E-state index contributed by atoms with van der Waals surface area (Å²) in [6.45, 7) is 2.14. The van der Waals surface area contributed by atoms with Crippen LogP contribution in [0.25, 0.3) is 10.2 Å². The summed E-state index contributed by atoms with van der Waals surface area (Å²) in [5, 5.41) is 3.34. The SMILES string of the molecule is CN(C)c1nc(CNC(=O)c2nc3ccccc3s2)nc(N2CCCCC2)n1. The molecule has 0 aliphatic carbocycles. The smallest absolute Gasteiger partial charge is 0.280 e. The van der Waals surface area contributed by atoms with E-state index >= 15 is 0 Å². The normalized spacial score (nSPS) is 14.3. The number of benzene rings is 1. The molecule has 1 aromatic carbocycles. The maximum absolute atomic E-state index is 12.5. The highest BCUT2D eigenvalue weighted by atomic mass is 32.1. The molecule has 1 saturated heterocycles. The van der Waals surface area contributed by atoms with Crippen LogP contribution in [0.5, 0.6) is 0 Å². The van der Waals surface area contributed by atoms with Gasteiger partial charge in [-0.1, -0.05) is 12.1 Å². The van der Waals surface area contributed by atoms with Crippen LogP contribution in [0.3, 0.4) is 0 Å². The van der Waals surface area contributed by atoms with E-state index in [0.29, 0.717) is 22.7 Å². The first-order valence-corrected chi connectivity index (χ1v) is 10.2. The fraction of sp³-hybridized carbons (Fsp3) is 0.421. The lowest BCUT2D eigenvalue weighted by Crippen LogP contribution is -2.32. The molecule has 2 aromatic heterocycles. The van der Waals surface area contributed by atoms with Crippen molar-refractivity contribution in [3.8, 4) is 0 Å². The van der Waals surface area contributed by atoms with Gasteiger partial charge in [-0.3, -0.25) is 4.79 Å². The molecule has 0 atom stereocenters. The number of para-hydroxylation sites is 1. The van der Waals surface area contributed by atoms with Crippen molar-refractivity contribution in [2.24, 2.45) is 0 Å². The number of hydrogen-bond donors (Lipinski definition) is 1. The van der Waals surface area contributed by atoms with Crippen LogP contribution in [-0.2, 0) is 6.54 Å². The molecule has 146 valence electrons. The van der Waals surface area contributed by atoms with E-state index in [9.17, 15) is 4.79 Å². The summed E-state index contributed by atoms with van der Waals surface area (Å²) in [5.41, 5.74) is 0.833. The minimum atomic E-state index is -0.215. The van der Waals surface area contributed by atoms with Crippen LogP contribution in [0.2, 0.25) is 0 Å². The number of nitrogens with zero attached hydrogens (tertiary/aromatic N) is 6. The minimum absolute atomic E-state index is 0.215. The molecule has 0 unspecified atom stereocenters. The molecule has 3 aromatic rings. The molecule has 9 heteroatoms. The number of thiazole rings is 1. The monoisotopic (exact) mass is 397 g/mol. The highest BCUT2D eigenvalue weighted by Crippen LogP contribution is 2.21. The summed E-state index contributed by atoms with van der Waals surface area (Å²) in [7, 11) is 3.80. The number of fused-ring (bicyclic) bond motifs is 1. The summed E-state index contributed by atoms with van der Waals surface area (Å²) in [6.07, 6.45) is 3.53. The van der Waals surface area contributed by atoms with Gasteiger partial charge < -0.3 is 15.1 Å². The Morgan fingerprint density at radius 2 is 1.89 bits per heavy atom. The van der Waals surface area contributed by atoms with Gasteiger partial charge in [0.2, 0.25) is 11.9 Å². The third-order valence-corrected chi connectivity index (χ3v) is 5.63. The number of aromatic nitrogens is 4. The molecule has 0 saturated carbocycles. The third kappa shape index (κ3) is 4.04. The number of piperidine rings is 1. The van der Waals surface area contributed by atoms with Crippen LogP contribution in [0, 0.1) is 0 Å². The summed E-state index contributed by atoms with van der Waals surface area (Å²) in [6, 6.07) is 7.73. The Morgan fingerprint density at radius 1 is 1.11 bits per heavy atom. The highest BCUT2D eigenvalue weighted by Gasteiger charge is 2.18. The van der Waals surface area contributed by atoms with Crippen molar-refractivity contribution in [1.29, 1.82) is 0 Å². The van der Waals surface area contributed by atoms with Crippen molar-refractivity contribution in [3.63, 3.8) is 0 Å². The Labute approximate surface area is 167 Å². The van der Waals surface area contributed by atoms with Gasteiger partial charge in [-0.25, -0.2) is 4.98 Å². The minimum Gasteiger partial charge on any atom is -0.347 e. The largest absolute Gasteiger partial charge is 0.347 e. The van der Waals surface area contributed by atoms with Crippen molar-refractivity contribution in [3.05, 3.63) is 35.1 Å². The fourth-order valence-corrected chi connectivity index (χ4v) is 4.00. The van der Waals surface area contributed by atoms with Crippen LogP contribution in [0.15, 0.2) is 24.3 Å². The molecule has 4 rings (SSSR count). The van der Waals surface area contributed by atoms with Crippen molar-refractivity contribution in [1.82, 2.24) is 25.3 Å². The van der Waals surface area contributed by atoms with Gasteiger partial charge in [-0.05, 0) is 31.4 Å². The Bertz CT molecular complexity index is 948. The fourth-order valence-electron chi connectivity index (χ4n) is 3.11. The first-order valence-electron chi connectivity index (χ1n) is 9.41. The van der Waals surface area contributed by atoms with Gasteiger partial charge in [0.25, 0.3) is 5.91 Å². The first kappa shape index (κ1) is 18.5. The summed E-state index contributed by atoms with van der Waals surface area (Å²) < 4.78 is 0.995. The summed E-state index contributed by atoms with van der Waals surface area (Å²) in [4.78, 5) is 34.6. The van der Waals surface area contributed by atoms with Crippen molar-refractivity contribution in [2.75, 3.05) is 37.0 Å². The van der Waals surface area contributed by atoms with Crippen LogP contribution >= 0.6 is 11.3 Å². The second-order valence-electron chi connectivity index (χ2n) is 6.96. The molecule has 1 aliphatic rings. The number of amides is 1. The van der Waals surface area contributed by atoms with Gasteiger partial charge in [0, 0.05) is 27.2 Å². The molecule has 1 aliphatic heterocycles. The second kappa shape index (κ2) is 8.05. The van der Waals surface area contributed by atoms with E-state index in [2.05, 4.69) is 30.2 Å². The Morgan fingerprint density at radius 3 is 2.64 bits per heavy atom. The number of rotatable bonds is 5. The average Bonchev–Trinajstić information content (AvgIpc) is 3.17. The first-order chi connectivity index (χ1) is 13.6. The van der Waals surface area contributed by atoms with Crippen molar-refractivity contribution < 1.29 is 4.79 Å². The number of carbonyl (C=O) groups excluding carboxylic acids is 1. The van der Waals surface area contributed by atoms with Gasteiger partial charge >= 0.3 is 0 Å². The van der Waals surface area contributed by atoms with E-state index in [-0.39, 0.29) is 12.5 Å². The number of anilines is 2. The lowest BCUT2D eigenvalue weighted by atomic mass is 10.1. The second-order valence-corrected chi connectivity index (χ2v) is 7.99. The zero-order chi connectivity index (χ0) is 19.5. The standard InChI is InChI=1S/C19H23N7OS/c1-25(2)18-22-15(23-19(24-18)26-10-6-3-7-11-26)12-20-16(27)17-21-13-8-4-5-9-14(13)28-17/h4-5,8-9H,3,6-7,10-12H2,1-2H3,(H,20,27). The molecular weight excluding hydrogens is 374 g/mol. The highest BCUT2D eigenvalue weighted by molar-refractivity contribution is 7.20. The predicted octanol–water partition coefficient (Wildman–Crippen LogP) is 2.47. The summed E-state index contributed by atoms with van der Waals surface area (Å²) in [5.74, 6) is 1.61. The van der Waals surface area contributed by atoms with Crippen LogP contribution in [0.1, 0.15) is 34.9 Å². The summed E-state index contributed by atoms with van der Waals surface area (Å²) >= 11 is 1.38. The van der Waals surface area contributed by atoms with Crippen LogP contribution < -0.4 is 15.1 Å². The Kier molecular flexibility index (Phi) is 5.34. The van der Waals surface area contributed by atoms with Gasteiger partial charge in [0.05, 0.1) is 16.8 Å². The predicted molar refractivity (Wildman–Crippen MR) is 111 cm³/mol. The van der Waals surface area contributed by atoms with Gasteiger partial charge in [0.15, 0.2) is 10.8 Å². The maximum atomic E-state index is 12.5. The van der Waals surface area contributed by atoms with E-state index in [0.717, 1.165) is 36.1 Å². The molecule has 1 N–H and O–H groups in total. The lowest BCUT2D eigenvalue weighted by molar-refractivity contribution is 0.0949. The van der Waals surface area contributed by atoms with E-state index in [1.807, 2.05) is 43.3 Å². The Hall–Kier alpha value is -2.81. The van der Waals surface area contributed by atoms with Crippen molar-refractivity contribution >= 4 is 39.4 Å². The molecule has 1 amide bonds. The molecule has 28 heavy (non-hydrogen) atoms. The zero-order valence-electron chi connectivity index (χ0n) is 16.1. The van der Waals surface area contributed by atoms with E-state index in [1.54, 1.807) is 0 Å². The van der Waals surface area contributed by atoms with E-state index in [4.69, 9.17) is 0 Å². The topological polar surface area (TPSA) is 87.1 Å². The Balaban J connectivity index is 1.51. The number of carbonyl (C=O) groups is 1. The zero-order valence-corrected chi connectivity index (χ0v) is 16.9. The third-order valence-electron chi connectivity index (χ3n) is 4.59. The lowest BCUT2D eigenvalue weighted by Gasteiger charge is -2.27. The van der Waals surface area contributed by atoms with Crippen molar-refractivity contribution in [2.45, 2.75) is 25.8 Å². The molecule has 1 fully saturated rings. The van der Waals surface area contributed by atoms with Gasteiger partial charge in [-0.15, -0.1) is 11.3 Å². The van der Waals surface area contributed by atoms with E-state index in [1.165, 1.54) is 17.8 Å².